The lowest BCUT2D eigenvalue weighted by Gasteiger charge is -2.31. The Balaban J connectivity index is 1.65. The van der Waals surface area contributed by atoms with Gasteiger partial charge in [0.1, 0.15) is 0 Å². The molecule has 0 saturated carbocycles. The molecule has 1 aliphatic heterocycles. The predicted molar refractivity (Wildman–Crippen MR) is 73.9 cm³/mol. The molecule has 0 aliphatic carbocycles. The maximum Gasteiger partial charge on any atom is 0.0463 e. The molecule has 3 rings (SSSR count). The summed E-state index contributed by atoms with van der Waals surface area (Å²) in [6.07, 6.45) is 2.33. The fourth-order valence-electron chi connectivity index (χ4n) is 2.55. The van der Waals surface area contributed by atoms with Gasteiger partial charge in [0, 0.05) is 12.1 Å². The molecular weight excluding hydrogens is 220 g/mol. The molecule has 92 valence electrons. The maximum atomic E-state index is 3.43. The molecule has 1 fully saturated rings. The number of nitrogens with one attached hydrogen (secondary N) is 2. The van der Waals surface area contributed by atoms with Gasteiger partial charge in [0.15, 0.2) is 0 Å². The highest BCUT2D eigenvalue weighted by molar-refractivity contribution is 5.22. The molecule has 2 N–H and O–H groups in total. The van der Waals surface area contributed by atoms with E-state index < -0.39 is 0 Å². The van der Waals surface area contributed by atoms with E-state index in [-0.39, 0.29) is 0 Å². The minimum Gasteiger partial charge on any atom is -0.250 e. The molecule has 0 radical (unpaired) electrons. The lowest BCUT2D eigenvalue weighted by atomic mass is 9.94. The van der Waals surface area contributed by atoms with E-state index in [1.807, 2.05) is 0 Å². The summed E-state index contributed by atoms with van der Waals surface area (Å²) in [5.74, 6) is 0. The monoisotopic (exact) mass is 238 g/mol. The van der Waals surface area contributed by atoms with Gasteiger partial charge >= 0.3 is 0 Å². The minimum absolute atomic E-state index is 0.422. The highest BCUT2D eigenvalue weighted by Crippen LogP contribution is 2.28. The third-order valence-electron chi connectivity index (χ3n) is 3.58. The third kappa shape index (κ3) is 2.45. The Morgan fingerprint density at radius 2 is 1.00 bits per heavy atom. The van der Waals surface area contributed by atoms with E-state index in [0.29, 0.717) is 12.1 Å². The average Bonchev–Trinajstić information content (AvgIpc) is 2.49. The zero-order chi connectivity index (χ0) is 12.2. The highest BCUT2D eigenvalue weighted by atomic mass is 15.4. The summed E-state index contributed by atoms with van der Waals surface area (Å²) in [6, 6.07) is 22.1. The molecule has 1 saturated heterocycles. The first-order valence-corrected chi connectivity index (χ1v) is 6.54. The fourth-order valence-corrected chi connectivity index (χ4v) is 2.55. The van der Waals surface area contributed by atoms with Gasteiger partial charge in [-0.3, -0.25) is 0 Å². The molecule has 2 atom stereocenters. The Kier molecular flexibility index (Phi) is 3.40. The summed E-state index contributed by atoms with van der Waals surface area (Å²) in [5.41, 5.74) is 9.58. The topological polar surface area (TPSA) is 24.1 Å². The van der Waals surface area contributed by atoms with Gasteiger partial charge in [-0.15, -0.1) is 0 Å². The average molecular weight is 238 g/mol. The van der Waals surface area contributed by atoms with Gasteiger partial charge in [-0.25, -0.2) is 10.9 Å². The molecule has 1 heterocycles. The van der Waals surface area contributed by atoms with Crippen LogP contribution in [0.1, 0.15) is 36.1 Å². The highest BCUT2D eigenvalue weighted by Gasteiger charge is 2.21. The van der Waals surface area contributed by atoms with E-state index in [9.17, 15) is 0 Å². The van der Waals surface area contributed by atoms with Gasteiger partial charge in [0.25, 0.3) is 0 Å². The number of benzene rings is 2. The van der Waals surface area contributed by atoms with Crippen LogP contribution in [0, 0.1) is 0 Å². The second-order valence-corrected chi connectivity index (χ2v) is 4.79. The van der Waals surface area contributed by atoms with Crippen molar-refractivity contribution in [3.63, 3.8) is 0 Å². The first kappa shape index (κ1) is 11.5. The number of hydrazine groups is 1. The molecule has 1 aliphatic rings. The van der Waals surface area contributed by atoms with Crippen LogP contribution in [0.25, 0.3) is 0 Å². The molecule has 18 heavy (non-hydrogen) atoms. The van der Waals surface area contributed by atoms with E-state index >= 15 is 0 Å². The Labute approximate surface area is 108 Å². The normalized spacial score (nSPS) is 23.8. The van der Waals surface area contributed by atoms with Crippen molar-refractivity contribution in [1.29, 1.82) is 0 Å². The van der Waals surface area contributed by atoms with Crippen molar-refractivity contribution in [3.8, 4) is 0 Å². The number of hydrogen-bond donors (Lipinski definition) is 2. The standard InChI is InChI=1S/C16H18N2/c1-3-7-13(8-4-1)15-11-12-16(18-17-15)14-9-5-2-6-10-14/h1-10,15-18H,11-12H2. The molecular formula is C16H18N2. The molecule has 0 spiro atoms. The van der Waals surface area contributed by atoms with Gasteiger partial charge in [-0.2, -0.15) is 0 Å². The molecule has 2 nitrogen and oxygen atoms in total. The van der Waals surface area contributed by atoms with Crippen molar-refractivity contribution in [2.24, 2.45) is 0 Å². The van der Waals surface area contributed by atoms with Crippen LogP contribution in [0.3, 0.4) is 0 Å². The lowest BCUT2D eigenvalue weighted by Crippen LogP contribution is -2.42. The van der Waals surface area contributed by atoms with Gasteiger partial charge in [-0.1, -0.05) is 60.7 Å². The Morgan fingerprint density at radius 1 is 0.611 bits per heavy atom. The predicted octanol–water partition coefficient (Wildman–Crippen LogP) is 3.36. The first-order valence-electron chi connectivity index (χ1n) is 6.54. The van der Waals surface area contributed by atoms with Crippen LogP contribution in [-0.4, -0.2) is 0 Å². The first-order chi connectivity index (χ1) is 8.93. The van der Waals surface area contributed by atoms with Crippen molar-refractivity contribution in [3.05, 3.63) is 71.8 Å². The van der Waals surface area contributed by atoms with Crippen LogP contribution >= 0.6 is 0 Å². The molecule has 2 aromatic carbocycles. The van der Waals surface area contributed by atoms with E-state index in [0.717, 1.165) is 12.8 Å². The quantitative estimate of drug-likeness (QED) is 0.838. The van der Waals surface area contributed by atoms with Crippen LogP contribution in [-0.2, 0) is 0 Å². The second kappa shape index (κ2) is 5.34. The van der Waals surface area contributed by atoms with Crippen molar-refractivity contribution in [2.75, 3.05) is 0 Å². The van der Waals surface area contributed by atoms with E-state index in [1.165, 1.54) is 11.1 Å². The van der Waals surface area contributed by atoms with Gasteiger partial charge in [0.05, 0.1) is 0 Å². The van der Waals surface area contributed by atoms with Crippen molar-refractivity contribution < 1.29 is 0 Å². The fraction of sp³-hybridized carbons (Fsp3) is 0.250. The van der Waals surface area contributed by atoms with Crippen LogP contribution in [0.4, 0.5) is 0 Å². The largest absolute Gasteiger partial charge is 0.250 e. The number of hydrogen-bond acceptors (Lipinski definition) is 2. The molecule has 0 amide bonds. The Hall–Kier alpha value is -1.64. The molecule has 0 bridgehead atoms. The van der Waals surface area contributed by atoms with Gasteiger partial charge in [-0.05, 0) is 24.0 Å². The van der Waals surface area contributed by atoms with Crippen molar-refractivity contribution >= 4 is 0 Å². The van der Waals surface area contributed by atoms with Gasteiger partial charge < -0.3 is 0 Å². The summed E-state index contributed by atoms with van der Waals surface area (Å²) in [7, 11) is 0. The summed E-state index contributed by atoms with van der Waals surface area (Å²) in [5, 5.41) is 0. The molecule has 2 aromatic rings. The van der Waals surface area contributed by atoms with Crippen LogP contribution < -0.4 is 10.9 Å². The van der Waals surface area contributed by atoms with Crippen LogP contribution in [0.5, 0.6) is 0 Å². The zero-order valence-corrected chi connectivity index (χ0v) is 10.3. The van der Waals surface area contributed by atoms with Crippen LogP contribution in [0.2, 0.25) is 0 Å². The summed E-state index contributed by atoms with van der Waals surface area (Å²) >= 11 is 0. The van der Waals surface area contributed by atoms with E-state index in [2.05, 4.69) is 71.5 Å². The second-order valence-electron chi connectivity index (χ2n) is 4.79. The Bertz CT molecular complexity index is 425. The number of rotatable bonds is 2. The van der Waals surface area contributed by atoms with E-state index in [1.54, 1.807) is 0 Å². The lowest BCUT2D eigenvalue weighted by molar-refractivity contribution is 0.282. The summed E-state index contributed by atoms with van der Waals surface area (Å²) in [4.78, 5) is 0. The zero-order valence-electron chi connectivity index (χ0n) is 10.3. The molecule has 2 unspecified atom stereocenters. The minimum atomic E-state index is 0.422. The SMILES string of the molecule is c1ccc(C2CCC(c3ccccc3)NN2)cc1. The van der Waals surface area contributed by atoms with Crippen molar-refractivity contribution in [2.45, 2.75) is 24.9 Å². The summed E-state index contributed by atoms with van der Waals surface area (Å²) in [6.45, 7) is 0. The molecule has 2 heteroatoms. The smallest absolute Gasteiger partial charge is 0.0463 e. The summed E-state index contributed by atoms with van der Waals surface area (Å²) < 4.78 is 0. The third-order valence-corrected chi connectivity index (χ3v) is 3.58. The molecule has 0 aromatic heterocycles. The van der Waals surface area contributed by atoms with E-state index in [4.69, 9.17) is 0 Å². The maximum absolute atomic E-state index is 3.43. The van der Waals surface area contributed by atoms with Crippen molar-refractivity contribution in [1.82, 2.24) is 10.9 Å². The van der Waals surface area contributed by atoms with Gasteiger partial charge in [0.2, 0.25) is 0 Å². The Morgan fingerprint density at radius 3 is 1.33 bits per heavy atom. The van der Waals surface area contributed by atoms with Crippen LogP contribution in [0.15, 0.2) is 60.7 Å².